The molecule has 2 aromatic carbocycles. The lowest BCUT2D eigenvalue weighted by molar-refractivity contribution is -0.385. The van der Waals surface area contributed by atoms with Crippen LogP contribution in [0.4, 0.5) is 5.69 Å². The predicted molar refractivity (Wildman–Crippen MR) is 96.3 cm³/mol. The number of nitro benzene ring substituents is 1. The van der Waals surface area contributed by atoms with Gasteiger partial charge < -0.3 is 4.74 Å². The number of halogens is 1. The van der Waals surface area contributed by atoms with Gasteiger partial charge in [-0.1, -0.05) is 40.2 Å². The molecule has 0 aromatic heterocycles. The normalized spacial score (nSPS) is 10.6. The molecule has 7 heteroatoms. The van der Waals surface area contributed by atoms with Gasteiger partial charge in [-0.3, -0.25) is 14.9 Å². The number of aryl methyl sites for hydroxylation is 1. The lowest BCUT2D eigenvalue weighted by Crippen LogP contribution is -2.13. The van der Waals surface area contributed by atoms with Crippen LogP contribution >= 0.6 is 15.9 Å². The summed E-state index contributed by atoms with van der Waals surface area (Å²) in [7, 11) is 0. The van der Waals surface area contributed by atoms with Crippen molar-refractivity contribution in [2.75, 3.05) is 6.61 Å². The zero-order valence-electron chi connectivity index (χ0n) is 13.3. The molecule has 0 unspecified atom stereocenters. The highest BCUT2D eigenvalue weighted by Crippen LogP contribution is 2.19. The Bertz CT molecular complexity index is 843. The minimum atomic E-state index is -0.669. The van der Waals surface area contributed by atoms with Gasteiger partial charge in [-0.05, 0) is 30.7 Å². The maximum atomic E-state index is 12.0. The molecule has 0 aliphatic carbocycles. The first kappa shape index (κ1) is 18.5. The number of esters is 1. The van der Waals surface area contributed by atoms with Crippen molar-refractivity contribution in [1.29, 1.82) is 0 Å². The number of carbonyl (C=O) groups is 2. The molecule has 25 heavy (non-hydrogen) atoms. The number of ketones is 1. The van der Waals surface area contributed by atoms with Crippen LogP contribution in [0.5, 0.6) is 0 Å². The van der Waals surface area contributed by atoms with Gasteiger partial charge >= 0.3 is 5.97 Å². The maximum absolute atomic E-state index is 12.0. The average Bonchev–Trinajstić information content (AvgIpc) is 2.59. The van der Waals surface area contributed by atoms with Gasteiger partial charge in [0.05, 0.1) is 4.92 Å². The average molecular weight is 404 g/mol. The molecule has 0 bridgehead atoms. The Labute approximate surface area is 152 Å². The number of nitro groups is 1. The Kier molecular flexibility index (Phi) is 6.19. The smallest absolute Gasteiger partial charge is 0.331 e. The topological polar surface area (TPSA) is 86.5 Å². The zero-order chi connectivity index (χ0) is 18.4. The van der Waals surface area contributed by atoms with E-state index in [1.807, 2.05) is 24.3 Å². The molecule has 2 aromatic rings. The molecular formula is C18H14BrNO5. The van der Waals surface area contributed by atoms with Crippen LogP contribution in [-0.2, 0) is 9.53 Å². The van der Waals surface area contributed by atoms with Gasteiger partial charge in [0.25, 0.3) is 5.69 Å². The molecule has 0 N–H and O–H groups in total. The number of benzene rings is 2. The molecule has 128 valence electrons. The van der Waals surface area contributed by atoms with E-state index in [0.29, 0.717) is 5.56 Å². The van der Waals surface area contributed by atoms with Gasteiger partial charge in [0.2, 0.25) is 5.78 Å². The molecule has 0 aliphatic heterocycles. The molecule has 0 aliphatic rings. The Hall–Kier alpha value is -2.80. The van der Waals surface area contributed by atoms with Gasteiger partial charge in [0.1, 0.15) is 0 Å². The van der Waals surface area contributed by atoms with Crippen LogP contribution in [0.25, 0.3) is 6.08 Å². The molecule has 0 atom stereocenters. The minimum absolute atomic E-state index is 0.127. The molecule has 0 spiro atoms. The highest BCUT2D eigenvalue weighted by molar-refractivity contribution is 9.10. The van der Waals surface area contributed by atoms with Gasteiger partial charge in [0, 0.05) is 27.7 Å². The van der Waals surface area contributed by atoms with Gasteiger partial charge in [-0.25, -0.2) is 4.79 Å². The van der Waals surface area contributed by atoms with Crippen molar-refractivity contribution < 1.29 is 19.2 Å². The SMILES string of the molecule is Cc1ccc(C(=O)COC(=O)/C=C/c2ccc(Br)cc2)cc1[N+](=O)[O-]. The summed E-state index contributed by atoms with van der Waals surface area (Å²) in [5.74, 6) is -1.17. The van der Waals surface area contributed by atoms with Crippen molar-refractivity contribution in [3.8, 4) is 0 Å². The molecule has 0 fully saturated rings. The van der Waals surface area contributed by atoms with Crippen molar-refractivity contribution in [3.05, 3.63) is 79.8 Å². The van der Waals surface area contributed by atoms with Gasteiger partial charge in [0.15, 0.2) is 6.61 Å². The van der Waals surface area contributed by atoms with Crippen molar-refractivity contribution in [1.82, 2.24) is 0 Å². The molecule has 0 saturated carbocycles. The van der Waals surface area contributed by atoms with Crippen LogP contribution in [0, 0.1) is 17.0 Å². The standard InChI is InChI=1S/C18H14BrNO5/c1-12-2-6-14(10-16(12)20(23)24)17(21)11-25-18(22)9-5-13-3-7-15(19)8-4-13/h2-10H,11H2,1H3/b9-5+. The van der Waals surface area contributed by atoms with Crippen LogP contribution < -0.4 is 0 Å². The van der Waals surface area contributed by atoms with E-state index >= 15 is 0 Å². The third kappa shape index (κ3) is 5.36. The van der Waals surface area contributed by atoms with Crippen LogP contribution in [0.1, 0.15) is 21.5 Å². The first-order valence-electron chi connectivity index (χ1n) is 7.25. The number of hydrogen-bond acceptors (Lipinski definition) is 5. The molecular weight excluding hydrogens is 390 g/mol. The number of nitrogens with zero attached hydrogens (tertiary/aromatic N) is 1. The Morgan fingerprint density at radius 2 is 1.88 bits per heavy atom. The van der Waals surface area contributed by atoms with Crippen molar-refractivity contribution in [3.63, 3.8) is 0 Å². The van der Waals surface area contributed by atoms with Gasteiger partial charge in [-0.2, -0.15) is 0 Å². The van der Waals surface area contributed by atoms with E-state index in [-0.39, 0.29) is 11.3 Å². The van der Waals surface area contributed by atoms with E-state index in [4.69, 9.17) is 4.74 Å². The van der Waals surface area contributed by atoms with Crippen LogP contribution in [0.2, 0.25) is 0 Å². The molecule has 0 amide bonds. The fourth-order valence-corrected chi connectivity index (χ4v) is 2.25. The molecule has 0 saturated heterocycles. The van der Waals surface area contributed by atoms with Crippen LogP contribution in [0.15, 0.2) is 53.0 Å². The number of Topliss-reactive ketones (excluding diaryl/α,β-unsaturated/α-hetero) is 1. The number of carbonyl (C=O) groups excluding carboxylic acids is 2. The monoisotopic (exact) mass is 403 g/mol. The quantitative estimate of drug-likeness (QED) is 0.238. The van der Waals surface area contributed by atoms with Crippen molar-refractivity contribution >= 4 is 39.4 Å². The van der Waals surface area contributed by atoms with E-state index in [0.717, 1.165) is 10.0 Å². The lowest BCUT2D eigenvalue weighted by Gasteiger charge is -2.03. The second-order valence-corrected chi connectivity index (χ2v) is 6.09. The van der Waals surface area contributed by atoms with E-state index < -0.39 is 23.3 Å². The third-order valence-corrected chi connectivity index (χ3v) is 3.88. The summed E-state index contributed by atoms with van der Waals surface area (Å²) in [6.45, 7) is 1.10. The van der Waals surface area contributed by atoms with E-state index in [1.54, 1.807) is 13.0 Å². The van der Waals surface area contributed by atoms with Crippen LogP contribution in [0.3, 0.4) is 0 Å². The molecule has 6 nitrogen and oxygen atoms in total. The highest BCUT2D eigenvalue weighted by Gasteiger charge is 2.15. The number of ether oxygens (including phenoxy) is 1. The highest BCUT2D eigenvalue weighted by atomic mass is 79.9. The lowest BCUT2D eigenvalue weighted by atomic mass is 10.1. The van der Waals surface area contributed by atoms with Crippen molar-refractivity contribution in [2.24, 2.45) is 0 Å². The van der Waals surface area contributed by atoms with Gasteiger partial charge in [-0.15, -0.1) is 0 Å². The third-order valence-electron chi connectivity index (χ3n) is 3.36. The first-order chi connectivity index (χ1) is 11.9. The molecule has 2 rings (SSSR count). The summed E-state index contributed by atoms with van der Waals surface area (Å²) in [6, 6.07) is 11.4. The fourth-order valence-electron chi connectivity index (χ4n) is 1.99. The summed E-state index contributed by atoms with van der Waals surface area (Å²) in [5, 5.41) is 10.9. The minimum Gasteiger partial charge on any atom is -0.454 e. The Balaban J connectivity index is 1.95. The second-order valence-electron chi connectivity index (χ2n) is 5.17. The van der Waals surface area contributed by atoms with E-state index in [2.05, 4.69) is 15.9 Å². The van der Waals surface area contributed by atoms with Crippen molar-refractivity contribution in [2.45, 2.75) is 6.92 Å². The zero-order valence-corrected chi connectivity index (χ0v) is 14.9. The summed E-state index contributed by atoms with van der Waals surface area (Å²) in [5.41, 5.74) is 1.24. The largest absolute Gasteiger partial charge is 0.454 e. The molecule has 0 heterocycles. The predicted octanol–water partition coefficient (Wildman–Crippen LogP) is 4.11. The summed E-state index contributed by atoms with van der Waals surface area (Å²) < 4.78 is 5.80. The second kappa shape index (κ2) is 8.34. The van der Waals surface area contributed by atoms with Crippen LogP contribution in [-0.4, -0.2) is 23.3 Å². The first-order valence-corrected chi connectivity index (χ1v) is 8.05. The van der Waals surface area contributed by atoms with E-state index in [9.17, 15) is 19.7 Å². The summed E-state index contributed by atoms with van der Waals surface area (Å²) in [4.78, 5) is 34.0. The maximum Gasteiger partial charge on any atom is 0.331 e. The summed E-state index contributed by atoms with van der Waals surface area (Å²) in [6.07, 6.45) is 2.78. The number of rotatable bonds is 6. The number of hydrogen-bond donors (Lipinski definition) is 0. The van der Waals surface area contributed by atoms with E-state index in [1.165, 1.54) is 24.3 Å². The molecule has 0 radical (unpaired) electrons. The fraction of sp³-hybridized carbons (Fsp3) is 0.111. The Morgan fingerprint density at radius 3 is 2.52 bits per heavy atom. The Morgan fingerprint density at radius 1 is 1.20 bits per heavy atom. The summed E-state index contributed by atoms with van der Waals surface area (Å²) >= 11 is 3.31.